The van der Waals surface area contributed by atoms with Crippen molar-refractivity contribution in [3.63, 3.8) is 0 Å². The summed E-state index contributed by atoms with van der Waals surface area (Å²) in [5, 5.41) is 11.2. The normalized spacial score (nSPS) is 12.4. The number of aromatic nitrogens is 1. The Bertz CT molecular complexity index is 1430. The summed E-state index contributed by atoms with van der Waals surface area (Å²) in [6, 6.07) is 24.0. The third kappa shape index (κ3) is 5.04. The quantitative estimate of drug-likeness (QED) is 0.155. The van der Waals surface area contributed by atoms with Crippen LogP contribution in [0.1, 0.15) is 23.1 Å². The zero-order valence-electron chi connectivity index (χ0n) is 21.2. The maximum atomic E-state index is 14.0. The number of primary amides is 1. The van der Waals surface area contributed by atoms with Crippen LogP contribution >= 0.6 is 0 Å². The number of guanidine groups is 1. The van der Waals surface area contributed by atoms with Crippen molar-refractivity contribution in [2.45, 2.75) is 18.4 Å². The molecule has 0 saturated carbocycles. The number of nitrogens with two attached hydrogens (primary N) is 2. The van der Waals surface area contributed by atoms with E-state index in [1.54, 1.807) is 36.4 Å². The number of amides is 2. The van der Waals surface area contributed by atoms with E-state index in [9.17, 15) is 9.59 Å². The molecule has 38 heavy (non-hydrogen) atoms. The van der Waals surface area contributed by atoms with Gasteiger partial charge in [0.2, 0.25) is 5.91 Å². The number of nitrogens with zero attached hydrogens (tertiary/aromatic N) is 1. The van der Waals surface area contributed by atoms with Crippen LogP contribution in [0, 0.1) is 5.41 Å². The second-order valence-electron chi connectivity index (χ2n) is 8.89. The number of hydrogen-bond acceptors (Lipinski definition) is 4. The van der Waals surface area contributed by atoms with Crippen molar-refractivity contribution in [3.8, 4) is 5.75 Å². The van der Waals surface area contributed by atoms with Crippen molar-refractivity contribution < 1.29 is 14.3 Å². The number of nitrogens with one attached hydrogen (secondary N) is 3. The van der Waals surface area contributed by atoms with Gasteiger partial charge < -0.3 is 31.4 Å². The van der Waals surface area contributed by atoms with E-state index in [0.717, 1.165) is 16.5 Å². The monoisotopic (exact) mass is 512 g/mol. The molecule has 7 N–H and O–H groups in total. The van der Waals surface area contributed by atoms with Crippen molar-refractivity contribution in [1.82, 2.24) is 15.2 Å². The molecule has 1 unspecified atom stereocenters. The first-order valence-electron chi connectivity index (χ1n) is 12.3. The van der Waals surface area contributed by atoms with Gasteiger partial charge >= 0.3 is 0 Å². The molecule has 3 aromatic carbocycles. The number of ether oxygens (including phenoxy) is 1. The van der Waals surface area contributed by atoms with Crippen LogP contribution in [0.2, 0.25) is 0 Å². The summed E-state index contributed by atoms with van der Waals surface area (Å²) in [5.74, 6) is -0.842. The summed E-state index contributed by atoms with van der Waals surface area (Å²) in [7, 11) is 1.52. The Hall–Kier alpha value is -4.79. The summed E-state index contributed by atoms with van der Waals surface area (Å²) < 4.78 is 5.67. The van der Waals surface area contributed by atoms with E-state index in [4.69, 9.17) is 21.6 Å². The fourth-order valence-electron chi connectivity index (χ4n) is 4.98. The molecule has 0 radical (unpaired) electrons. The lowest BCUT2D eigenvalue weighted by Gasteiger charge is -2.43. The topological polar surface area (TPSA) is 150 Å². The van der Waals surface area contributed by atoms with Crippen LogP contribution in [0.15, 0.2) is 85.1 Å². The predicted molar refractivity (Wildman–Crippen MR) is 148 cm³/mol. The molecule has 1 heterocycles. The van der Waals surface area contributed by atoms with Crippen LogP contribution in [0.4, 0.5) is 0 Å². The minimum absolute atomic E-state index is 0.00945. The average molecular weight is 513 g/mol. The minimum Gasteiger partial charge on any atom is -0.496 e. The zero-order chi connectivity index (χ0) is 27.1. The number of H-pyrrole nitrogens is 1. The molecule has 196 valence electrons. The smallest absolute Gasteiger partial charge is 0.252 e. The van der Waals surface area contributed by atoms with Gasteiger partial charge in [0.1, 0.15) is 5.75 Å². The molecule has 1 aromatic heterocycles. The van der Waals surface area contributed by atoms with Gasteiger partial charge in [0, 0.05) is 42.2 Å². The first-order chi connectivity index (χ1) is 18.4. The summed E-state index contributed by atoms with van der Waals surface area (Å²) in [6.07, 6.45) is 2.37. The second kappa shape index (κ2) is 11.5. The number of carbonyl (C=O) groups excluding carboxylic acids is 2. The van der Waals surface area contributed by atoms with E-state index in [0.29, 0.717) is 23.3 Å². The summed E-state index contributed by atoms with van der Waals surface area (Å²) in [6.45, 7) is 0.323. The molecular weight excluding hydrogens is 480 g/mol. The molecule has 0 saturated heterocycles. The van der Waals surface area contributed by atoms with Crippen LogP contribution in [0.25, 0.3) is 10.9 Å². The Kier molecular flexibility index (Phi) is 7.96. The minimum atomic E-state index is -1.66. The van der Waals surface area contributed by atoms with E-state index >= 15 is 0 Å². The number of fused-ring (bicyclic) bond motifs is 1. The maximum Gasteiger partial charge on any atom is 0.252 e. The first-order valence-corrected chi connectivity index (χ1v) is 12.3. The van der Waals surface area contributed by atoms with Gasteiger partial charge in [0.05, 0.1) is 7.11 Å². The standard InChI is InChI=1S/C29H32N6O3/c1-38-25-14-8-6-12-23(25)29(27(30)37,21-9-3-2-4-10-21)35(26(36)15-17-33-28(31)32)18-16-20-19-34-24-13-7-5-11-22(20)24/h2-14,19,34H,15-18H2,1H3,(H2,30,37)(H4,31,32,33). The van der Waals surface area contributed by atoms with Gasteiger partial charge in [-0.1, -0.05) is 66.7 Å². The Labute approximate surface area is 221 Å². The third-order valence-corrected chi connectivity index (χ3v) is 6.68. The number of benzene rings is 3. The lowest BCUT2D eigenvalue weighted by molar-refractivity contribution is -0.144. The molecule has 2 amide bonds. The van der Waals surface area contributed by atoms with Crippen molar-refractivity contribution in [3.05, 3.63) is 102 Å². The molecule has 4 rings (SSSR count). The van der Waals surface area contributed by atoms with Gasteiger partial charge in [0.15, 0.2) is 11.5 Å². The molecule has 1 atom stereocenters. The number of para-hydroxylation sites is 2. The first kappa shape index (κ1) is 26.3. The van der Waals surface area contributed by atoms with Crippen molar-refractivity contribution >= 4 is 28.7 Å². The molecule has 0 aliphatic heterocycles. The summed E-state index contributed by atoms with van der Waals surface area (Å²) >= 11 is 0. The third-order valence-electron chi connectivity index (χ3n) is 6.68. The molecular formula is C29H32N6O3. The largest absolute Gasteiger partial charge is 0.496 e. The van der Waals surface area contributed by atoms with E-state index in [1.807, 2.05) is 48.7 Å². The Balaban J connectivity index is 1.87. The van der Waals surface area contributed by atoms with Gasteiger partial charge in [-0.15, -0.1) is 0 Å². The fourth-order valence-corrected chi connectivity index (χ4v) is 4.98. The van der Waals surface area contributed by atoms with Gasteiger partial charge in [0.25, 0.3) is 5.91 Å². The summed E-state index contributed by atoms with van der Waals surface area (Å²) in [4.78, 5) is 32.5. The number of rotatable bonds is 11. The highest BCUT2D eigenvalue weighted by Gasteiger charge is 2.49. The maximum absolute atomic E-state index is 14.0. The van der Waals surface area contributed by atoms with Crippen LogP contribution in [-0.2, 0) is 21.5 Å². The van der Waals surface area contributed by atoms with Crippen LogP contribution in [0.3, 0.4) is 0 Å². The van der Waals surface area contributed by atoms with Crippen molar-refractivity contribution in [2.24, 2.45) is 11.5 Å². The lowest BCUT2D eigenvalue weighted by Crippen LogP contribution is -2.59. The van der Waals surface area contributed by atoms with Crippen molar-refractivity contribution in [1.29, 1.82) is 5.41 Å². The average Bonchev–Trinajstić information content (AvgIpc) is 3.34. The van der Waals surface area contributed by atoms with Crippen LogP contribution < -0.4 is 21.5 Å². The highest BCUT2D eigenvalue weighted by atomic mass is 16.5. The van der Waals surface area contributed by atoms with Crippen molar-refractivity contribution in [2.75, 3.05) is 20.2 Å². The molecule has 4 aromatic rings. The molecule has 0 fully saturated rings. The van der Waals surface area contributed by atoms with Crippen LogP contribution in [0.5, 0.6) is 5.75 Å². The van der Waals surface area contributed by atoms with Gasteiger partial charge in [-0.2, -0.15) is 0 Å². The van der Waals surface area contributed by atoms with E-state index < -0.39 is 11.4 Å². The number of methoxy groups -OCH3 is 1. The molecule has 0 bridgehead atoms. The highest BCUT2D eigenvalue weighted by molar-refractivity contribution is 5.96. The zero-order valence-corrected chi connectivity index (χ0v) is 21.2. The second-order valence-corrected chi connectivity index (χ2v) is 8.89. The van der Waals surface area contributed by atoms with Gasteiger partial charge in [-0.3, -0.25) is 15.0 Å². The lowest BCUT2D eigenvalue weighted by atomic mass is 9.79. The number of hydrogen-bond donors (Lipinski definition) is 5. The van der Waals surface area contributed by atoms with E-state index in [2.05, 4.69) is 10.3 Å². The van der Waals surface area contributed by atoms with Gasteiger partial charge in [-0.25, -0.2) is 0 Å². The summed E-state index contributed by atoms with van der Waals surface area (Å²) in [5.41, 5.74) is 13.0. The highest BCUT2D eigenvalue weighted by Crippen LogP contribution is 2.41. The Morgan fingerprint density at radius 3 is 2.39 bits per heavy atom. The SMILES string of the molecule is COc1ccccc1C(C(N)=O)(c1ccccc1)N(CCc1c[nH]c2ccccc12)C(=O)CCNC(=N)N. The van der Waals surface area contributed by atoms with E-state index in [-0.39, 0.29) is 31.4 Å². The Morgan fingerprint density at radius 2 is 1.68 bits per heavy atom. The number of aromatic amines is 1. The Morgan fingerprint density at radius 1 is 1.00 bits per heavy atom. The fraction of sp³-hybridized carbons (Fsp3) is 0.207. The molecule has 0 spiro atoms. The van der Waals surface area contributed by atoms with E-state index in [1.165, 1.54) is 12.0 Å². The predicted octanol–water partition coefficient (Wildman–Crippen LogP) is 2.85. The molecule has 0 aliphatic rings. The molecule has 9 nitrogen and oxygen atoms in total. The number of carbonyl (C=O) groups is 2. The van der Waals surface area contributed by atoms with Crippen LogP contribution in [-0.4, -0.2) is 47.9 Å². The van der Waals surface area contributed by atoms with Gasteiger partial charge in [-0.05, 0) is 29.7 Å². The molecule has 0 aliphatic carbocycles. The molecule has 9 heteroatoms.